The molecule has 266 valence electrons. The van der Waals surface area contributed by atoms with Crippen LogP contribution in [0.5, 0.6) is 0 Å². The monoisotopic (exact) mass is 662 g/mol. The van der Waals surface area contributed by atoms with E-state index in [1.54, 1.807) is 61.1 Å². The molecule has 0 amide bonds. The second-order valence-corrected chi connectivity index (χ2v) is 9.80. The fourth-order valence-electron chi connectivity index (χ4n) is 4.15. The molecule has 0 radical (unpaired) electrons. The summed E-state index contributed by atoms with van der Waals surface area (Å²) in [5.41, 5.74) is 0. The zero-order valence-corrected chi connectivity index (χ0v) is 28.4. The Labute approximate surface area is 272 Å². The molecule has 0 N–H and O–H groups in total. The first kappa shape index (κ1) is 42.7. The summed E-state index contributed by atoms with van der Waals surface area (Å²) in [6, 6.07) is 0. The maximum atomic E-state index is 12.5. The molecule has 0 spiro atoms. The van der Waals surface area contributed by atoms with Crippen LogP contribution in [0.4, 0.5) is 0 Å². The number of nitrogens with zero attached hydrogens (tertiary/aromatic N) is 4. The molecular formula is C30H54N4O12. The Hall–Kier alpha value is -3.34. The topological polar surface area (TPSA) is 171 Å². The second kappa shape index (κ2) is 26.8. The third kappa shape index (κ3) is 22.2. The highest BCUT2D eigenvalue weighted by atomic mass is 16.6. The Morgan fingerprint density at radius 1 is 0.304 bits per heavy atom. The molecule has 0 aliphatic rings. The summed E-state index contributed by atoms with van der Waals surface area (Å²) >= 11 is 0. The SMILES string of the molecule is CCOC(=O)CN(CCN(CCN(CC(=O)OCC)CC(=O)OCC)CC(=O)OCC)CCN(CC(=O)OCC)CC(=O)OCC. The molecule has 0 aromatic carbocycles. The Morgan fingerprint density at radius 3 is 0.630 bits per heavy atom. The number of hydrogen-bond donors (Lipinski definition) is 0. The summed E-state index contributed by atoms with van der Waals surface area (Å²) in [5.74, 6) is -2.92. The molecule has 0 aromatic heterocycles. The fraction of sp³-hybridized carbons (Fsp3) is 0.800. The van der Waals surface area contributed by atoms with Crippen LogP contribution in [0.25, 0.3) is 0 Å². The van der Waals surface area contributed by atoms with E-state index in [0.29, 0.717) is 13.1 Å². The van der Waals surface area contributed by atoms with Crippen molar-refractivity contribution in [3.8, 4) is 0 Å². The van der Waals surface area contributed by atoms with Gasteiger partial charge < -0.3 is 28.4 Å². The van der Waals surface area contributed by atoms with Gasteiger partial charge in [0.2, 0.25) is 0 Å². The van der Waals surface area contributed by atoms with Gasteiger partial charge in [-0.05, 0) is 41.5 Å². The Balaban J connectivity index is 5.79. The Bertz CT molecular complexity index is 808. The van der Waals surface area contributed by atoms with Crippen LogP contribution in [0.1, 0.15) is 41.5 Å². The first-order valence-corrected chi connectivity index (χ1v) is 15.8. The predicted molar refractivity (Wildman–Crippen MR) is 166 cm³/mol. The lowest BCUT2D eigenvalue weighted by molar-refractivity contribution is -0.150. The van der Waals surface area contributed by atoms with Crippen molar-refractivity contribution >= 4 is 35.8 Å². The molecule has 16 nitrogen and oxygen atoms in total. The van der Waals surface area contributed by atoms with Crippen LogP contribution < -0.4 is 0 Å². The van der Waals surface area contributed by atoms with Gasteiger partial charge in [0.05, 0.1) is 78.9 Å². The summed E-state index contributed by atoms with van der Waals surface area (Å²) < 4.78 is 30.5. The van der Waals surface area contributed by atoms with E-state index < -0.39 is 35.8 Å². The van der Waals surface area contributed by atoms with Crippen molar-refractivity contribution < 1.29 is 57.2 Å². The molecule has 0 rings (SSSR count). The van der Waals surface area contributed by atoms with E-state index in [0.717, 1.165) is 0 Å². The summed E-state index contributed by atoms with van der Waals surface area (Å²) in [7, 11) is 0. The smallest absolute Gasteiger partial charge is 0.320 e. The van der Waals surface area contributed by atoms with Gasteiger partial charge in [0.1, 0.15) is 0 Å². The quantitative estimate of drug-likeness (QED) is 0.0819. The van der Waals surface area contributed by atoms with Gasteiger partial charge in [0.25, 0.3) is 0 Å². The van der Waals surface area contributed by atoms with Crippen LogP contribution in [0, 0.1) is 0 Å². The third-order valence-electron chi connectivity index (χ3n) is 6.15. The molecule has 0 aliphatic heterocycles. The van der Waals surface area contributed by atoms with Crippen molar-refractivity contribution in [1.29, 1.82) is 0 Å². The molecular weight excluding hydrogens is 608 g/mol. The Kier molecular flexibility index (Phi) is 24.9. The van der Waals surface area contributed by atoms with E-state index in [9.17, 15) is 28.8 Å². The van der Waals surface area contributed by atoms with Crippen LogP contribution in [-0.4, -0.2) is 174 Å². The molecule has 0 saturated carbocycles. The van der Waals surface area contributed by atoms with E-state index >= 15 is 0 Å². The molecule has 16 heteroatoms. The highest BCUT2D eigenvalue weighted by Gasteiger charge is 2.22. The van der Waals surface area contributed by atoms with Gasteiger partial charge in [-0.3, -0.25) is 48.4 Å². The summed E-state index contributed by atoms with van der Waals surface area (Å²) in [5, 5.41) is 0. The third-order valence-corrected chi connectivity index (χ3v) is 6.15. The second-order valence-electron chi connectivity index (χ2n) is 9.80. The standard InChI is InChI=1S/C30H54N4O12/c1-7-41-25(35)19-31(15-17-33(21-27(37)43-9-3)22-28(38)44-10-4)13-14-32(20-26(36)42-8-2)16-18-34(23-29(39)45-11-5)24-30(40)46-12-6/h7-24H2,1-6H3. The molecule has 46 heavy (non-hydrogen) atoms. The number of rotatable bonds is 27. The van der Waals surface area contributed by atoms with E-state index in [1.165, 1.54) is 0 Å². The molecule has 0 aliphatic carbocycles. The van der Waals surface area contributed by atoms with E-state index in [2.05, 4.69) is 0 Å². The van der Waals surface area contributed by atoms with Crippen molar-refractivity contribution in [3.63, 3.8) is 0 Å². The average Bonchev–Trinajstić information content (AvgIpc) is 2.97. The number of esters is 6. The van der Waals surface area contributed by atoms with Crippen molar-refractivity contribution in [2.24, 2.45) is 0 Å². The summed E-state index contributed by atoms with van der Waals surface area (Å²) in [6.45, 7) is 12.1. The first-order chi connectivity index (χ1) is 22.0. The number of carbonyl (C=O) groups is 6. The minimum absolute atomic E-state index is 0.0778. The number of hydrogen-bond acceptors (Lipinski definition) is 16. The van der Waals surface area contributed by atoms with Gasteiger partial charge in [0.15, 0.2) is 0 Å². The zero-order chi connectivity index (χ0) is 34.7. The minimum Gasteiger partial charge on any atom is -0.465 e. The molecule has 0 heterocycles. The van der Waals surface area contributed by atoms with Gasteiger partial charge >= 0.3 is 35.8 Å². The molecule has 0 bridgehead atoms. The molecule has 0 saturated heterocycles. The van der Waals surface area contributed by atoms with Gasteiger partial charge in [-0.2, -0.15) is 0 Å². The molecule has 0 fully saturated rings. The molecule has 0 aromatic rings. The maximum Gasteiger partial charge on any atom is 0.320 e. The summed E-state index contributed by atoms with van der Waals surface area (Å²) in [4.78, 5) is 80.4. The van der Waals surface area contributed by atoms with Crippen LogP contribution >= 0.6 is 0 Å². The number of carbonyl (C=O) groups excluding carboxylic acids is 6. The Morgan fingerprint density at radius 2 is 0.457 bits per heavy atom. The van der Waals surface area contributed by atoms with Crippen LogP contribution in [0.15, 0.2) is 0 Å². The lowest BCUT2D eigenvalue weighted by atomic mass is 10.3. The minimum atomic E-state index is -0.500. The maximum absolute atomic E-state index is 12.5. The lowest BCUT2D eigenvalue weighted by Gasteiger charge is -2.30. The van der Waals surface area contributed by atoms with Crippen LogP contribution in [0.3, 0.4) is 0 Å². The van der Waals surface area contributed by atoms with Crippen LogP contribution in [-0.2, 0) is 57.2 Å². The largest absolute Gasteiger partial charge is 0.465 e. The van der Waals surface area contributed by atoms with Crippen molar-refractivity contribution in [2.45, 2.75) is 41.5 Å². The van der Waals surface area contributed by atoms with Gasteiger partial charge in [-0.1, -0.05) is 0 Å². The van der Waals surface area contributed by atoms with E-state index in [1.807, 2.05) is 0 Å². The normalized spacial score (nSPS) is 11.1. The average molecular weight is 663 g/mol. The van der Waals surface area contributed by atoms with Crippen molar-refractivity contribution in [2.75, 3.05) is 118 Å². The van der Waals surface area contributed by atoms with Crippen LogP contribution in [0.2, 0.25) is 0 Å². The van der Waals surface area contributed by atoms with E-state index in [4.69, 9.17) is 28.4 Å². The highest BCUT2D eigenvalue weighted by molar-refractivity contribution is 5.76. The van der Waals surface area contributed by atoms with Crippen molar-refractivity contribution in [1.82, 2.24) is 19.6 Å². The first-order valence-electron chi connectivity index (χ1n) is 15.8. The number of ether oxygens (including phenoxy) is 6. The van der Waals surface area contributed by atoms with Gasteiger partial charge in [-0.25, -0.2) is 0 Å². The molecule has 0 unspecified atom stereocenters. The predicted octanol–water partition coefficient (Wildman–Crippen LogP) is -0.427. The van der Waals surface area contributed by atoms with Crippen molar-refractivity contribution in [3.05, 3.63) is 0 Å². The fourth-order valence-corrected chi connectivity index (χ4v) is 4.15. The van der Waals surface area contributed by atoms with Gasteiger partial charge in [-0.15, -0.1) is 0 Å². The van der Waals surface area contributed by atoms with E-state index in [-0.39, 0.29) is 105 Å². The lowest BCUT2D eigenvalue weighted by Crippen LogP contribution is -2.47. The highest BCUT2D eigenvalue weighted by Crippen LogP contribution is 2.02. The molecule has 0 atom stereocenters. The summed E-state index contributed by atoms with van der Waals surface area (Å²) in [6.07, 6.45) is 0. The zero-order valence-electron chi connectivity index (χ0n) is 28.4. The van der Waals surface area contributed by atoms with Gasteiger partial charge in [0, 0.05) is 39.3 Å².